The molecule has 35 heavy (non-hydrogen) atoms. The average molecular weight is 502 g/mol. The van der Waals surface area contributed by atoms with E-state index in [0.717, 1.165) is 4.90 Å². The number of carbonyl (C=O) groups is 4. The molecule has 4 rings (SSSR count). The van der Waals surface area contributed by atoms with Crippen LogP contribution in [0.5, 0.6) is 0 Å². The average Bonchev–Trinajstić information content (AvgIpc) is 3.15. The number of anilines is 1. The first-order chi connectivity index (χ1) is 16.6. The predicted molar refractivity (Wildman–Crippen MR) is 119 cm³/mol. The van der Waals surface area contributed by atoms with E-state index in [1.807, 2.05) is 0 Å². The number of carbonyl (C=O) groups excluding carboxylic acids is 3. The van der Waals surface area contributed by atoms with Crippen molar-refractivity contribution in [3.63, 3.8) is 0 Å². The summed E-state index contributed by atoms with van der Waals surface area (Å²) in [5.74, 6) is -3.42. The van der Waals surface area contributed by atoms with Crippen LogP contribution in [0.1, 0.15) is 16.2 Å². The molecule has 15 nitrogen and oxygen atoms in total. The van der Waals surface area contributed by atoms with Crippen molar-refractivity contribution in [1.82, 2.24) is 25.0 Å². The van der Waals surface area contributed by atoms with Gasteiger partial charge in [0, 0.05) is 30.5 Å². The van der Waals surface area contributed by atoms with Crippen molar-refractivity contribution in [2.75, 3.05) is 11.5 Å². The van der Waals surface area contributed by atoms with Gasteiger partial charge in [0.05, 0.1) is 5.56 Å². The Morgan fingerprint density at radius 3 is 2.57 bits per heavy atom. The number of β-lactam (4-membered cyclic amide) rings is 1. The number of aromatic nitrogens is 4. The van der Waals surface area contributed by atoms with Gasteiger partial charge in [0.2, 0.25) is 23.4 Å². The van der Waals surface area contributed by atoms with E-state index in [1.165, 1.54) is 35.6 Å². The lowest BCUT2D eigenvalue weighted by atomic mass is 10.0. The van der Waals surface area contributed by atoms with Gasteiger partial charge < -0.3 is 27.1 Å². The molecule has 2 aromatic rings. The number of rotatable bonds is 7. The Hall–Kier alpha value is -4.47. The summed E-state index contributed by atoms with van der Waals surface area (Å²) in [6.45, 7) is 0.162. The third-order valence-corrected chi connectivity index (χ3v) is 6.75. The zero-order valence-electron chi connectivity index (χ0n) is 18.2. The van der Waals surface area contributed by atoms with Crippen molar-refractivity contribution in [3.8, 4) is 0 Å². The second-order valence-electron chi connectivity index (χ2n) is 7.61. The normalized spacial score (nSPS) is 19.7. The SMILES string of the molecule is Cn1nc(C(=NO)C(=O)N[C@@H]2C(=O)N3C(C(=O)O)=C(C[n+]4ccc(C(N)=O)cc4)CS[C@@H]23)nc1N. The lowest BCUT2D eigenvalue weighted by molar-refractivity contribution is -0.689. The summed E-state index contributed by atoms with van der Waals surface area (Å²) in [5.41, 5.74) is 10.9. The van der Waals surface area contributed by atoms with Crippen LogP contribution < -0.4 is 21.4 Å². The Kier molecular flexibility index (Phi) is 6.12. The maximum atomic E-state index is 12.9. The molecule has 3 amide bonds. The minimum absolute atomic E-state index is 0.0198. The number of nitrogens with two attached hydrogens (primary N) is 2. The van der Waals surface area contributed by atoms with Gasteiger partial charge in [-0.05, 0) is 0 Å². The topological polar surface area (TPSA) is 223 Å². The summed E-state index contributed by atoms with van der Waals surface area (Å²) in [5, 5.41) is 27.6. The van der Waals surface area contributed by atoms with Crippen LogP contribution in [0.25, 0.3) is 0 Å². The van der Waals surface area contributed by atoms with Crippen LogP contribution in [0.4, 0.5) is 5.95 Å². The molecule has 0 saturated carbocycles. The van der Waals surface area contributed by atoms with E-state index < -0.39 is 40.8 Å². The van der Waals surface area contributed by atoms with Crippen LogP contribution in [0, 0.1) is 0 Å². The van der Waals surface area contributed by atoms with Gasteiger partial charge in [-0.25, -0.2) is 14.0 Å². The van der Waals surface area contributed by atoms with E-state index in [9.17, 15) is 29.5 Å². The number of thioether (sulfide) groups is 1. The van der Waals surface area contributed by atoms with E-state index in [1.54, 1.807) is 17.0 Å². The maximum Gasteiger partial charge on any atom is 0.352 e. The number of carboxylic acid groups (broad SMARTS) is 1. The summed E-state index contributed by atoms with van der Waals surface area (Å²) < 4.78 is 2.83. The molecular formula is C19H20N9O6S+. The largest absolute Gasteiger partial charge is 0.477 e. The van der Waals surface area contributed by atoms with Gasteiger partial charge >= 0.3 is 5.97 Å². The third kappa shape index (κ3) is 4.25. The highest BCUT2D eigenvalue weighted by molar-refractivity contribution is 8.00. The zero-order chi connectivity index (χ0) is 25.4. The van der Waals surface area contributed by atoms with E-state index in [0.29, 0.717) is 11.1 Å². The Labute approximate surface area is 201 Å². The summed E-state index contributed by atoms with van der Waals surface area (Å²) in [6, 6.07) is 1.96. The smallest absolute Gasteiger partial charge is 0.352 e. The molecule has 2 atom stereocenters. The Morgan fingerprint density at radius 1 is 1.34 bits per heavy atom. The van der Waals surface area contributed by atoms with Crippen LogP contribution in [-0.2, 0) is 28.0 Å². The fraction of sp³-hybridized carbons (Fsp3) is 0.263. The number of carboxylic acids is 1. The van der Waals surface area contributed by atoms with Crippen molar-refractivity contribution in [2.24, 2.45) is 17.9 Å². The number of primary amides is 1. The highest BCUT2D eigenvalue weighted by Crippen LogP contribution is 2.40. The lowest BCUT2D eigenvalue weighted by Gasteiger charge is -2.49. The van der Waals surface area contributed by atoms with Gasteiger partial charge in [0.1, 0.15) is 17.1 Å². The molecule has 4 heterocycles. The van der Waals surface area contributed by atoms with E-state index >= 15 is 0 Å². The number of amides is 3. The number of nitrogens with one attached hydrogen (secondary N) is 1. The van der Waals surface area contributed by atoms with Gasteiger partial charge in [-0.15, -0.1) is 16.9 Å². The fourth-order valence-electron chi connectivity index (χ4n) is 3.65. The molecule has 0 aliphatic carbocycles. The van der Waals surface area contributed by atoms with Gasteiger partial charge in [-0.3, -0.25) is 19.3 Å². The minimum Gasteiger partial charge on any atom is -0.477 e. The first-order valence-corrected chi connectivity index (χ1v) is 11.1. The lowest BCUT2D eigenvalue weighted by Crippen LogP contribution is -2.71. The van der Waals surface area contributed by atoms with Crippen molar-refractivity contribution in [3.05, 3.63) is 47.2 Å². The molecule has 2 aromatic heterocycles. The van der Waals surface area contributed by atoms with Crippen LogP contribution in [-0.4, -0.2) is 76.5 Å². The van der Waals surface area contributed by atoms with Crippen molar-refractivity contribution >= 4 is 47.1 Å². The molecule has 0 radical (unpaired) electrons. The molecule has 0 aromatic carbocycles. The molecule has 0 spiro atoms. The number of aryl methyl sites for hydroxylation is 1. The molecular weight excluding hydrogens is 482 g/mol. The molecule has 2 aliphatic rings. The second kappa shape index (κ2) is 9.05. The number of nitrogen functional groups attached to an aromatic ring is 1. The molecule has 2 aliphatic heterocycles. The summed E-state index contributed by atoms with van der Waals surface area (Å²) in [6.07, 6.45) is 3.16. The Morgan fingerprint density at radius 2 is 2.03 bits per heavy atom. The number of hydrogen-bond donors (Lipinski definition) is 5. The fourth-order valence-corrected chi connectivity index (χ4v) is 4.99. The second-order valence-corrected chi connectivity index (χ2v) is 8.71. The third-order valence-electron chi connectivity index (χ3n) is 5.41. The predicted octanol–water partition coefficient (Wildman–Crippen LogP) is -2.60. The number of pyridine rings is 1. The van der Waals surface area contributed by atoms with Gasteiger partial charge in [-0.2, -0.15) is 4.98 Å². The maximum absolute atomic E-state index is 12.9. The molecule has 0 bridgehead atoms. The monoisotopic (exact) mass is 502 g/mol. The highest BCUT2D eigenvalue weighted by atomic mass is 32.2. The molecule has 1 saturated heterocycles. The minimum atomic E-state index is -1.29. The number of nitrogens with zero attached hydrogens (tertiary/aromatic N) is 6. The van der Waals surface area contributed by atoms with Crippen LogP contribution >= 0.6 is 11.8 Å². The van der Waals surface area contributed by atoms with Crippen LogP contribution in [0.2, 0.25) is 0 Å². The van der Waals surface area contributed by atoms with E-state index in [4.69, 9.17) is 11.5 Å². The van der Waals surface area contributed by atoms with Crippen molar-refractivity contribution in [2.45, 2.75) is 18.0 Å². The summed E-state index contributed by atoms with van der Waals surface area (Å²) in [4.78, 5) is 53.7. The van der Waals surface area contributed by atoms with E-state index in [-0.39, 0.29) is 29.8 Å². The first-order valence-electron chi connectivity index (χ1n) is 10.0. The summed E-state index contributed by atoms with van der Waals surface area (Å²) >= 11 is 1.27. The van der Waals surface area contributed by atoms with Crippen molar-refractivity contribution < 1.29 is 34.1 Å². The number of fused-ring (bicyclic) bond motifs is 1. The number of hydrogen-bond acceptors (Lipinski definition) is 10. The number of aliphatic carboxylic acids is 1. The summed E-state index contributed by atoms with van der Waals surface area (Å²) in [7, 11) is 1.48. The first kappa shape index (κ1) is 23.7. The zero-order valence-corrected chi connectivity index (χ0v) is 19.0. The van der Waals surface area contributed by atoms with Gasteiger partial charge in [0.25, 0.3) is 11.8 Å². The standard InChI is InChI=1S/C19H19N9O6S/c1-26-19(21)23-14(24-26)10(25-34)15(30)22-11-16(31)28-12(18(32)33)9(7-35-17(11)28)6-27-4-2-8(3-5-27)13(20)29/h2-5,11,17H,6-7H2,1H3,(H6-,20,21,22,23,24,29,30,32,33,34)/p+1/t11-,17+/m1/s1. The molecule has 182 valence electrons. The van der Waals surface area contributed by atoms with Crippen molar-refractivity contribution in [1.29, 1.82) is 0 Å². The quantitative estimate of drug-likeness (QED) is 0.0872. The van der Waals surface area contributed by atoms with E-state index in [2.05, 4.69) is 20.6 Å². The Balaban J connectivity index is 1.51. The Bertz CT molecular complexity index is 1280. The number of oxime groups is 1. The molecule has 16 heteroatoms. The molecule has 1 fully saturated rings. The van der Waals surface area contributed by atoms with Crippen LogP contribution in [0.3, 0.4) is 0 Å². The molecule has 0 unspecified atom stereocenters. The van der Waals surface area contributed by atoms with Gasteiger partial charge in [0.15, 0.2) is 18.9 Å². The van der Waals surface area contributed by atoms with Gasteiger partial charge in [-0.1, -0.05) is 5.16 Å². The highest BCUT2D eigenvalue weighted by Gasteiger charge is 2.54. The van der Waals surface area contributed by atoms with Crippen LogP contribution in [0.15, 0.2) is 41.0 Å². The molecule has 7 N–H and O–H groups in total.